The molecule has 1 aromatic carbocycles. The average molecular weight is 456 g/mol. The molecule has 32 heavy (non-hydrogen) atoms. The van der Waals surface area contributed by atoms with Gasteiger partial charge in [-0.2, -0.15) is 8.42 Å². The number of amides is 2. The van der Waals surface area contributed by atoms with Crippen LogP contribution in [0.3, 0.4) is 0 Å². The van der Waals surface area contributed by atoms with Crippen molar-refractivity contribution < 1.29 is 18.0 Å². The van der Waals surface area contributed by atoms with Crippen LogP contribution < -0.4 is 5.32 Å². The van der Waals surface area contributed by atoms with E-state index in [1.165, 1.54) is 6.07 Å². The molecule has 0 bridgehead atoms. The number of nitrogens with one attached hydrogen (secondary N) is 1. The Bertz CT molecular complexity index is 1190. The van der Waals surface area contributed by atoms with Crippen LogP contribution in [0.4, 0.5) is 5.82 Å². The van der Waals surface area contributed by atoms with E-state index in [1.807, 2.05) is 19.1 Å². The minimum Gasteiger partial charge on any atom is -0.349 e. The van der Waals surface area contributed by atoms with E-state index >= 15 is 0 Å². The molecular formula is C22H25N5O4S. The normalized spacial score (nSPS) is 17.4. The van der Waals surface area contributed by atoms with Crippen LogP contribution in [0.5, 0.6) is 0 Å². The second-order valence-corrected chi connectivity index (χ2v) is 9.68. The molecule has 10 heteroatoms. The maximum Gasteiger partial charge on any atom is 0.285 e. The molecule has 4 rings (SSSR count). The first-order chi connectivity index (χ1) is 15.2. The third kappa shape index (κ3) is 4.50. The average Bonchev–Trinajstić information content (AvgIpc) is 3.05. The second-order valence-electron chi connectivity index (χ2n) is 8.10. The van der Waals surface area contributed by atoms with Crippen LogP contribution in [0.25, 0.3) is 0 Å². The molecule has 0 unspecified atom stereocenters. The lowest BCUT2D eigenvalue weighted by Gasteiger charge is -2.32. The highest BCUT2D eigenvalue weighted by Gasteiger charge is 2.32. The molecule has 1 fully saturated rings. The first-order valence-electron chi connectivity index (χ1n) is 10.4. The number of likely N-dealkylation sites (N-methyl/N-ethyl adjacent to an activating group) is 1. The van der Waals surface area contributed by atoms with E-state index < -0.39 is 10.0 Å². The molecule has 0 atom stereocenters. The van der Waals surface area contributed by atoms with Crippen LogP contribution in [0.1, 0.15) is 24.0 Å². The van der Waals surface area contributed by atoms with Crippen LogP contribution in [0.15, 0.2) is 51.9 Å². The fourth-order valence-corrected chi connectivity index (χ4v) is 5.22. The number of hydrogen-bond acceptors (Lipinski definition) is 6. The molecule has 9 nitrogen and oxygen atoms in total. The number of hydrogen-bond donors (Lipinski definition) is 1. The van der Waals surface area contributed by atoms with Crippen molar-refractivity contribution in [2.24, 2.45) is 10.3 Å². The van der Waals surface area contributed by atoms with E-state index in [0.29, 0.717) is 37.3 Å². The van der Waals surface area contributed by atoms with Crippen molar-refractivity contribution in [3.63, 3.8) is 0 Å². The van der Waals surface area contributed by atoms with Gasteiger partial charge in [-0.1, -0.05) is 12.1 Å². The molecule has 168 valence electrons. The van der Waals surface area contributed by atoms with Gasteiger partial charge in [0.15, 0.2) is 5.84 Å². The van der Waals surface area contributed by atoms with E-state index in [1.54, 1.807) is 41.2 Å². The summed E-state index contributed by atoms with van der Waals surface area (Å²) in [5.41, 5.74) is 1.52. The van der Waals surface area contributed by atoms with Gasteiger partial charge in [-0.25, -0.2) is 4.98 Å². The lowest BCUT2D eigenvalue weighted by atomic mass is 9.96. The molecule has 2 aliphatic heterocycles. The van der Waals surface area contributed by atoms with Crippen LogP contribution in [0.2, 0.25) is 0 Å². The number of amidine groups is 1. The Hall–Kier alpha value is -3.27. The SMILES string of the molecule is Cc1ccnc(NC(=O)C2CCN(C(=O)CN(C)C3=NS(=O)(=O)c4ccccc43)CC2)c1. The lowest BCUT2D eigenvalue weighted by molar-refractivity contribution is -0.134. The van der Waals surface area contributed by atoms with Crippen molar-refractivity contribution >= 4 is 33.5 Å². The Morgan fingerprint density at radius 3 is 2.62 bits per heavy atom. The van der Waals surface area contributed by atoms with Crippen molar-refractivity contribution in [3.8, 4) is 0 Å². The highest BCUT2D eigenvalue weighted by molar-refractivity contribution is 7.90. The molecule has 0 radical (unpaired) electrons. The monoisotopic (exact) mass is 455 g/mol. The van der Waals surface area contributed by atoms with Gasteiger partial charge in [0, 0.05) is 37.8 Å². The summed E-state index contributed by atoms with van der Waals surface area (Å²) in [6, 6.07) is 10.3. The predicted octanol–water partition coefficient (Wildman–Crippen LogP) is 1.65. The zero-order chi connectivity index (χ0) is 22.9. The molecular weight excluding hydrogens is 430 g/mol. The van der Waals surface area contributed by atoms with Crippen LogP contribution in [-0.4, -0.2) is 67.5 Å². The number of carbonyl (C=O) groups is 2. The first-order valence-corrected chi connectivity index (χ1v) is 11.9. The number of aryl methyl sites for hydroxylation is 1. The van der Waals surface area contributed by atoms with Crippen molar-refractivity contribution in [2.75, 3.05) is 32.0 Å². The Labute approximate surface area is 187 Å². The Kier molecular flexibility index (Phi) is 5.96. The zero-order valence-corrected chi connectivity index (χ0v) is 18.8. The third-order valence-electron chi connectivity index (χ3n) is 5.73. The van der Waals surface area contributed by atoms with Crippen molar-refractivity contribution in [1.82, 2.24) is 14.8 Å². The third-order valence-corrected chi connectivity index (χ3v) is 7.06. The summed E-state index contributed by atoms with van der Waals surface area (Å²) in [5.74, 6) is 0.400. The second kappa shape index (κ2) is 8.70. The van der Waals surface area contributed by atoms with E-state index in [4.69, 9.17) is 0 Å². The summed E-state index contributed by atoms with van der Waals surface area (Å²) in [7, 11) is -2.08. The quantitative estimate of drug-likeness (QED) is 0.750. The maximum absolute atomic E-state index is 12.8. The van der Waals surface area contributed by atoms with Crippen molar-refractivity contribution in [2.45, 2.75) is 24.7 Å². The number of piperidine rings is 1. The fourth-order valence-electron chi connectivity index (χ4n) is 3.97. The molecule has 3 heterocycles. The number of fused-ring (bicyclic) bond motifs is 1. The maximum atomic E-state index is 12.8. The van der Waals surface area contributed by atoms with E-state index in [2.05, 4.69) is 14.7 Å². The number of pyridine rings is 1. The molecule has 2 aliphatic rings. The smallest absolute Gasteiger partial charge is 0.285 e. The molecule has 0 saturated carbocycles. The largest absolute Gasteiger partial charge is 0.349 e. The Morgan fingerprint density at radius 2 is 1.91 bits per heavy atom. The van der Waals surface area contributed by atoms with Crippen LogP contribution >= 0.6 is 0 Å². The topological polar surface area (TPSA) is 112 Å². The van der Waals surface area contributed by atoms with Gasteiger partial charge in [0.2, 0.25) is 11.8 Å². The number of anilines is 1. The molecule has 0 aliphatic carbocycles. The van der Waals surface area contributed by atoms with E-state index in [-0.39, 0.29) is 35.0 Å². The number of carbonyl (C=O) groups excluding carboxylic acids is 2. The van der Waals surface area contributed by atoms with Gasteiger partial charge in [0.25, 0.3) is 10.0 Å². The number of rotatable bonds is 4. The van der Waals surface area contributed by atoms with Gasteiger partial charge in [-0.3, -0.25) is 9.59 Å². The zero-order valence-electron chi connectivity index (χ0n) is 18.0. The summed E-state index contributed by atoms with van der Waals surface area (Å²) >= 11 is 0. The van der Waals surface area contributed by atoms with E-state index in [0.717, 1.165) is 5.56 Å². The van der Waals surface area contributed by atoms with Crippen molar-refractivity contribution in [1.29, 1.82) is 0 Å². The van der Waals surface area contributed by atoms with Crippen LogP contribution in [-0.2, 0) is 19.6 Å². The highest BCUT2D eigenvalue weighted by Crippen LogP contribution is 2.27. The number of likely N-dealkylation sites (tertiary alicyclic amines) is 1. The van der Waals surface area contributed by atoms with Gasteiger partial charge in [0.05, 0.1) is 6.54 Å². The summed E-state index contributed by atoms with van der Waals surface area (Å²) in [6.07, 6.45) is 2.78. The highest BCUT2D eigenvalue weighted by atomic mass is 32.2. The summed E-state index contributed by atoms with van der Waals surface area (Å²) < 4.78 is 28.4. The first kappa shape index (κ1) is 21.9. The van der Waals surface area contributed by atoms with Crippen LogP contribution in [0, 0.1) is 12.8 Å². The summed E-state index contributed by atoms with van der Waals surface area (Å²) in [6.45, 7) is 2.87. The van der Waals surface area contributed by atoms with Gasteiger partial charge in [-0.15, -0.1) is 4.40 Å². The van der Waals surface area contributed by atoms with E-state index in [9.17, 15) is 18.0 Å². The number of aromatic nitrogens is 1. The number of nitrogens with zero attached hydrogens (tertiary/aromatic N) is 4. The van der Waals surface area contributed by atoms with Gasteiger partial charge in [0.1, 0.15) is 10.7 Å². The number of benzene rings is 1. The minimum atomic E-state index is -3.73. The molecule has 2 aromatic rings. The van der Waals surface area contributed by atoms with Crippen molar-refractivity contribution in [3.05, 3.63) is 53.7 Å². The molecule has 0 spiro atoms. The standard InChI is InChI=1S/C22H25N5O4S/c1-15-7-10-23-19(13-15)24-22(29)16-8-11-27(12-9-16)20(28)14-26(2)21-17-5-3-4-6-18(17)32(30,31)25-21/h3-7,10,13,16H,8-9,11-12,14H2,1-2H3,(H,23,24,29). The minimum absolute atomic E-state index is 0.00671. The lowest BCUT2D eigenvalue weighted by Crippen LogP contribution is -2.46. The molecule has 1 saturated heterocycles. The fraction of sp³-hybridized carbons (Fsp3) is 0.364. The Balaban J connectivity index is 1.33. The van der Waals surface area contributed by atoms with Gasteiger partial charge >= 0.3 is 0 Å². The summed E-state index contributed by atoms with van der Waals surface area (Å²) in [4.78, 5) is 33.0. The Morgan fingerprint density at radius 1 is 1.19 bits per heavy atom. The van der Waals surface area contributed by atoms with Gasteiger partial charge in [-0.05, 0) is 49.6 Å². The molecule has 1 N–H and O–H groups in total. The predicted molar refractivity (Wildman–Crippen MR) is 120 cm³/mol. The summed E-state index contributed by atoms with van der Waals surface area (Å²) in [5, 5.41) is 2.85. The molecule has 2 amide bonds. The molecule has 1 aromatic heterocycles. The number of sulfonamides is 1. The van der Waals surface area contributed by atoms with Gasteiger partial charge < -0.3 is 15.1 Å².